The Bertz CT molecular complexity index is 3700. The van der Waals surface area contributed by atoms with Crippen molar-refractivity contribution in [1.82, 2.24) is 0 Å². The van der Waals surface area contributed by atoms with E-state index in [0.29, 0.717) is 5.56 Å². The van der Waals surface area contributed by atoms with Gasteiger partial charge in [0.05, 0.1) is 12.5 Å². The molecule has 7 aliphatic rings. The number of benzene rings is 6. The number of aryl methyl sites for hydroxylation is 1. The Balaban J connectivity index is 1.21. The smallest absolute Gasteiger partial charge is 0.264 e. The predicted octanol–water partition coefficient (Wildman–Crippen LogP) is 17.1. The van der Waals surface area contributed by atoms with Crippen LogP contribution in [0.15, 0.2) is 103 Å². The summed E-state index contributed by atoms with van der Waals surface area (Å²) < 4.78 is 48.7. The molecule has 6 aromatic carbocycles. The van der Waals surface area contributed by atoms with Crippen LogP contribution in [0.25, 0.3) is 21.2 Å². The van der Waals surface area contributed by atoms with Crippen LogP contribution in [0.2, 0.25) is 0 Å². The van der Waals surface area contributed by atoms with Gasteiger partial charge in [0.2, 0.25) is 0 Å². The Morgan fingerprint density at radius 3 is 1.70 bits per heavy atom. The summed E-state index contributed by atoms with van der Waals surface area (Å²) in [7, 11) is 0. The first-order valence-electron chi connectivity index (χ1n) is 29.4. The van der Waals surface area contributed by atoms with Crippen molar-refractivity contribution in [2.75, 3.05) is 9.80 Å². The topological polar surface area (TPSA) is 6.48 Å². The zero-order chi connectivity index (χ0) is 54.1. The molecule has 0 N–H and O–H groups in total. The Morgan fingerprint density at radius 2 is 1.08 bits per heavy atom. The van der Waals surface area contributed by atoms with Crippen LogP contribution in [0, 0.1) is 6.92 Å². The van der Waals surface area contributed by atoms with Gasteiger partial charge in [-0.15, -0.1) is 11.3 Å². The highest BCUT2D eigenvalue weighted by Gasteiger charge is 2.51. The molecule has 0 radical (unpaired) electrons. The van der Waals surface area contributed by atoms with Crippen molar-refractivity contribution in [3.05, 3.63) is 148 Å². The molecule has 0 atom stereocenters. The van der Waals surface area contributed by atoms with Crippen LogP contribution >= 0.6 is 11.3 Å². The van der Waals surface area contributed by atoms with Gasteiger partial charge in [0.25, 0.3) is 6.71 Å². The van der Waals surface area contributed by atoms with Gasteiger partial charge in [-0.2, -0.15) is 0 Å². The van der Waals surface area contributed by atoms with Gasteiger partial charge in [-0.05, 0) is 211 Å². The largest absolute Gasteiger partial charge is 0.311 e. The Labute approximate surface area is 437 Å². The summed E-state index contributed by atoms with van der Waals surface area (Å²) in [4.78, 5) is 5.09. The van der Waals surface area contributed by atoms with Crippen LogP contribution in [0.1, 0.15) is 193 Å². The number of hydrogen-bond donors (Lipinski definition) is 0. The minimum atomic E-state index is -0.381. The molecule has 3 heterocycles. The first-order chi connectivity index (χ1) is 35.5. The second-order valence-electron chi connectivity index (χ2n) is 27.3. The van der Waals surface area contributed by atoms with Gasteiger partial charge in [0.15, 0.2) is 0 Å². The van der Waals surface area contributed by atoms with E-state index in [2.05, 4.69) is 180 Å². The Kier molecular flexibility index (Phi) is 8.30. The molecule has 7 aromatic rings. The van der Waals surface area contributed by atoms with Gasteiger partial charge in [-0.3, -0.25) is 0 Å². The van der Waals surface area contributed by atoms with E-state index in [4.69, 9.17) is 4.11 Å². The molecule has 0 unspecified atom stereocenters. The van der Waals surface area contributed by atoms with E-state index < -0.39 is 0 Å². The van der Waals surface area contributed by atoms with Gasteiger partial charge < -0.3 is 9.80 Å². The molecular formula is C67H75BN2S. The summed E-state index contributed by atoms with van der Waals surface area (Å²) in [5.74, 6) is 0. The second-order valence-corrected chi connectivity index (χ2v) is 28.4. The van der Waals surface area contributed by atoms with Crippen LogP contribution in [0.4, 0.5) is 34.1 Å². The first-order valence-corrected chi connectivity index (χ1v) is 27.7. The summed E-state index contributed by atoms with van der Waals surface area (Å²) in [6, 6.07) is 27.7. The quantitative estimate of drug-likeness (QED) is 0.163. The lowest BCUT2D eigenvalue weighted by Crippen LogP contribution is -2.60. The number of hydrogen-bond acceptors (Lipinski definition) is 3. The number of rotatable bonds is 3. The molecule has 2 bridgehead atoms. The van der Waals surface area contributed by atoms with Gasteiger partial charge >= 0.3 is 0 Å². The SMILES string of the molecule is [2H]c1c([2H])c([2H])c(-c2cc3c4c(c2)N(c2ccc5c(c2)C(C)(C)CCC5(C)C)c2c(sc5cc6c(cc25)C2(C)CCC6(C)CC2)B4c2ccc(C(C)(C)C)cc2N3c2cc3c(cc2C)C(C)(C)CCC3(C)C)c([2H])c1[2H]. The third-order valence-corrected chi connectivity index (χ3v) is 20.9. The molecule has 1 fully saturated rings. The highest BCUT2D eigenvalue weighted by molar-refractivity contribution is 7.33. The molecular weight excluding hydrogens is 876 g/mol. The lowest BCUT2D eigenvalue weighted by atomic mass is 9.36. The molecule has 0 spiro atoms. The van der Waals surface area contributed by atoms with E-state index in [0.717, 1.165) is 54.1 Å². The average molecular weight is 956 g/mol. The van der Waals surface area contributed by atoms with Gasteiger partial charge in [-0.25, -0.2) is 0 Å². The number of thiophene rings is 1. The van der Waals surface area contributed by atoms with E-state index in [9.17, 15) is 2.74 Å². The lowest BCUT2D eigenvalue weighted by Gasteiger charge is -2.52. The molecule has 2 aliphatic heterocycles. The molecule has 0 amide bonds. The van der Waals surface area contributed by atoms with Crippen LogP contribution in [0.3, 0.4) is 0 Å². The molecule has 4 heteroatoms. The molecule has 2 nitrogen and oxygen atoms in total. The van der Waals surface area contributed by atoms with Crippen LogP contribution in [-0.2, 0) is 37.9 Å². The van der Waals surface area contributed by atoms with E-state index in [1.165, 1.54) is 102 Å². The molecule has 362 valence electrons. The maximum Gasteiger partial charge on any atom is 0.264 e. The normalized spacial score (nSPS) is 24.6. The van der Waals surface area contributed by atoms with Crippen molar-refractivity contribution in [1.29, 1.82) is 0 Å². The minimum Gasteiger partial charge on any atom is -0.311 e. The van der Waals surface area contributed by atoms with E-state index in [-0.39, 0.29) is 80.4 Å². The molecule has 0 saturated heterocycles. The monoisotopic (exact) mass is 956 g/mol. The summed E-state index contributed by atoms with van der Waals surface area (Å²) in [5.41, 5.74) is 20.9. The van der Waals surface area contributed by atoms with Crippen molar-refractivity contribution in [3.8, 4) is 11.1 Å². The van der Waals surface area contributed by atoms with Crippen molar-refractivity contribution in [2.45, 2.75) is 186 Å². The van der Waals surface area contributed by atoms with Gasteiger partial charge in [0.1, 0.15) is 0 Å². The van der Waals surface area contributed by atoms with Crippen molar-refractivity contribution in [3.63, 3.8) is 0 Å². The fraction of sp³-hybridized carbons (Fsp3) is 0.433. The summed E-state index contributed by atoms with van der Waals surface area (Å²) in [6.45, 7) is 33.3. The zero-order valence-electron chi connectivity index (χ0n) is 50.0. The van der Waals surface area contributed by atoms with Gasteiger partial charge in [-0.1, -0.05) is 144 Å². The fourth-order valence-electron chi connectivity index (χ4n) is 14.6. The average Bonchev–Trinajstić information content (AvgIpc) is 3.95. The molecule has 1 saturated carbocycles. The summed E-state index contributed by atoms with van der Waals surface area (Å²) >= 11 is 1.98. The first kappa shape index (κ1) is 40.4. The third-order valence-electron chi connectivity index (χ3n) is 19.7. The maximum absolute atomic E-state index is 9.61. The summed E-state index contributed by atoms with van der Waals surface area (Å²) in [5, 5.41) is 1.28. The van der Waals surface area contributed by atoms with E-state index in [1.807, 2.05) is 11.3 Å². The lowest BCUT2D eigenvalue weighted by molar-refractivity contribution is 0.188. The predicted molar refractivity (Wildman–Crippen MR) is 308 cm³/mol. The minimum absolute atomic E-state index is 0.0167. The Morgan fingerprint density at radius 1 is 0.521 bits per heavy atom. The second kappa shape index (κ2) is 14.6. The molecule has 1 aromatic heterocycles. The zero-order valence-corrected chi connectivity index (χ0v) is 45.8. The number of anilines is 6. The molecule has 14 rings (SSSR count). The van der Waals surface area contributed by atoms with Gasteiger partial charge in [0, 0.05) is 43.3 Å². The molecule has 71 heavy (non-hydrogen) atoms. The number of fused-ring (bicyclic) bond motifs is 10. The third kappa shape index (κ3) is 6.50. The van der Waals surface area contributed by atoms with Crippen LogP contribution < -0.4 is 25.5 Å². The Hall–Kier alpha value is -5.06. The van der Waals surface area contributed by atoms with Crippen LogP contribution in [-0.4, -0.2) is 6.71 Å². The van der Waals surface area contributed by atoms with Crippen molar-refractivity contribution < 1.29 is 6.85 Å². The van der Waals surface area contributed by atoms with E-state index in [1.54, 1.807) is 0 Å². The highest BCUT2D eigenvalue weighted by Crippen LogP contribution is 2.60. The van der Waals surface area contributed by atoms with Crippen molar-refractivity contribution >= 4 is 78.0 Å². The van der Waals surface area contributed by atoms with Crippen LogP contribution in [0.5, 0.6) is 0 Å². The molecule has 5 aliphatic carbocycles. The number of nitrogens with zero attached hydrogens (tertiary/aromatic N) is 2. The fourth-order valence-corrected chi connectivity index (χ4v) is 16.0. The summed E-state index contributed by atoms with van der Waals surface area (Å²) in [6.07, 6.45) is 9.24. The van der Waals surface area contributed by atoms with E-state index >= 15 is 0 Å². The van der Waals surface area contributed by atoms with Crippen molar-refractivity contribution in [2.24, 2.45) is 0 Å². The highest BCUT2D eigenvalue weighted by atomic mass is 32.1. The standard InChI is InChI=1S/C67H75BN2S/c1-40-32-47-49(65(11,12)27-26-63(47,7)8)38-53(40)70-54-35-43(61(2,3)4)20-23-52(54)68-58-55(33-42(34-56(58)70)41-18-16-15-17-19-41)69(44-21-22-46-48(36-44)64(9,10)25-24-62(46,5)6)59-45-37-50-51(39-57(45)71-60(59)68)67(14)30-28-66(50,13)29-31-67/h15-23,32-39H,24-31H2,1-14H3/i15D,16D,17D,18D,19D. The maximum atomic E-state index is 9.61.